The summed E-state index contributed by atoms with van der Waals surface area (Å²) in [5.41, 5.74) is 2.17. The summed E-state index contributed by atoms with van der Waals surface area (Å²) in [6, 6.07) is 0. The molecule has 0 heterocycles. The van der Waals surface area contributed by atoms with Gasteiger partial charge in [-0.1, -0.05) is 40.7 Å². The molecule has 5 aliphatic rings. The lowest BCUT2D eigenvalue weighted by molar-refractivity contribution is -0.161. The van der Waals surface area contributed by atoms with Gasteiger partial charge >= 0.3 is 0 Å². The third kappa shape index (κ3) is 2.77. The number of allylic oxidation sites excluding steroid dienone is 2. The van der Waals surface area contributed by atoms with Crippen molar-refractivity contribution in [3.05, 3.63) is 12.2 Å². The van der Waals surface area contributed by atoms with E-state index in [2.05, 4.69) is 40.7 Å². The van der Waals surface area contributed by atoms with E-state index in [0.29, 0.717) is 21.7 Å². The first-order chi connectivity index (χ1) is 14.9. The number of ketones is 1. The molecule has 0 radical (unpaired) electrons. The Bertz CT molecular complexity index is 812. The highest BCUT2D eigenvalue weighted by Gasteiger charge is 2.82. The highest BCUT2D eigenvalue weighted by atomic mass is 16.3. The molecule has 0 amide bonds. The molecule has 32 heavy (non-hydrogen) atoms. The van der Waals surface area contributed by atoms with Gasteiger partial charge in [-0.15, -0.1) is 0 Å². The van der Waals surface area contributed by atoms with Crippen LogP contribution in [0.5, 0.6) is 0 Å². The first kappa shape index (κ1) is 23.1. The lowest BCUT2D eigenvalue weighted by Crippen LogP contribution is -2.57. The summed E-state index contributed by atoms with van der Waals surface area (Å²) < 4.78 is 0. The molecule has 0 saturated heterocycles. The van der Waals surface area contributed by atoms with Gasteiger partial charge in [0.15, 0.2) is 5.78 Å². The molecule has 5 aliphatic carbocycles. The van der Waals surface area contributed by atoms with Gasteiger partial charge in [0.25, 0.3) is 0 Å². The van der Waals surface area contributed by atoms with Crippen molar-refractivity contribution in [2.45, 2.75) is 118 Å². The van der Waals surface area contributed by atoms with E-state index in [1.165, 1.54) is 57.8 Å². The molecular weight excluding hydrogens is 392 g/mol. The molecule has 2 heteroatoms. The van der Waals surface area contributed by atoms with Crippen LogP contribution < -0.4 is 0 Å². The van der Waals surface area contributed by atoms with E-state index < -0.39 is 0 Å². The largest absolute Gasteiger partial charge is 0.393 e. The van der Waals surface area contributed by atoms with Crippen LogP contribution in [0.1, 0.15) is 112 Å². The average molecular weight is 441 g/mol. The van der Waals surface area contributed by atoms with Crippen LogP contribution in [-0.4, -0.2) is 17.0 Å². The second-order valence-corrected chi connectivity index (χ2v) is 14.1. The number of carbonyl (C=O) groups is 1. The quantitative estimate of drug-likeness (QED) is 0.454. The van der Waals surface area contributed by atoms with Crippen LogP contribution in [0.25, 0.3) is 0 Å². The fraction of sp³-hybridized carbons (Fsp3) is 0.900. The summed E-state index contributed by atoms with van der Waals surface area (Å²) in [7, 11) is 0. The molecule has 0 unspecified atom stereocenters. The normalized spacial score (nSPS) is 52.0. The number of hydrogen-bond donors (Lipinski definition) is 1. The Balaban J connectivity index is 1.37. The molecule has 5 rings (SSSR count). The standard InChI is InChI=1S/C30H48O2/c1-20(9-7-8-10-21(2)31)22-13-15-28(6)24-12-11-23-26(3,4)25(32)14-16-29(23)19-30(24,29)18-17-27(22,28)5/h8,10,20,22-25,32H,7,9,11-19H2,1-6H3/b10-8+/t20-,22-,23+,24+,25+,27-,28+,29-,30+/m1/s1. The minimum Gasteiger partial charge on any atom is -0.393 e. The number of aliphatic hydroxyl groups excluding tert-OH is 1. The molecule has 0 aromatic rings. The van der Waals surface area contributed by atoms with Crippen LogP contribution >= 0.6 is 0 Å². The van der Waals surface area contributed by atoms with Crippen molar-refractivity contribution in [3.63, 3.8) is 0 Å². The number of rotatable bonds is 5. The van der Waals surface area contributed by atoms with Gasteiger partial charge in [-0.2, -0.15) is 0 Å². The van der Waals surface area contributed by atoms with Crippen LogP contribution in [0, 0.1) is 50.7 Å². The molecule has 0 aliphatic heterocycles. The molecule has 2 nitrogen and oxygen atoms in total. The smallest absolute Gasteiger partial charge is 0.152 e. The molecule has 0 aromatic heterocycles. The summed E-state index contributed by atoms with van der Waals surface area (Å²) in [6.45, 7) is 14.3. The highest BCUT2D eigenvalue weighted by molar-refractivity contribution is 5.87. The van der Waals surface area contributed by atoms with E-state index in [0.717, 1.165) is 36.5 Å². The molecule has 5 fully saturated rings. The van der Waals surface area contributed by atoms with Gasteiger partial charge < -0.3 is 5.11 Å². The Morgan fingerprint density at radius 2 is 1.62 bits per heavy atom. The highest BCUT2D eigenvalue weighted by Crippen LogP contribution is 2.89. The number of hydrogen-bond acceptors (Lipinski definition) is 2. The van der Waals surface area contributed by atoms with Crippen molar-refractivity contribution < 1.29 is 9.90 Å². The predicted octanol–water partition coefficient (Wildman–Crippen LogP) is 7.35. The molecule has 0 aromatic carbocycles. The van der Waals surface area contributed by atoms with Crippen LogP contribution in [0.3, 0.4) is 0 Å². The van der Waals surface area contributed by atoms with Gasteiger partial charge in [-0.3, -0.25) is 4.79 Å². The van der Waals surface area contributed by atoms with Crippen molar-refractivity contribution in [1.29, 1.82) is 0 Å². The Morgan fingerprint density at radius 3 is 2.34 bits per heavy atom. The van der Waals surface area contributed by atoms with E-state index in [-0.39, 0.29) is 17.3 Å². The SMILES string of the molecule is CC(=O)/C=C/CC[C@@H](C)[C@H]1CC[C@@]2(C)[C@@H]3CC[C@H]4C(C)(C)[C@@H](O)CC[C@@]45C[C@@]35CC[C@]12C. The first-order valence-electron chi connectivity index (χ1n) is 13.8. The second kappa shape index (κ2) is 7.19. The Kier molecular flexibility index (Phi) is 5.20. The molecular formula is C30H48O2. The first-order valence-corrected chi connectivity index (χ1v) is 13.8. The van der Waals surface area contributed by atoms with Gasteiger partial charge in [-0.25, -0.2) is 0 Å². The van der Waals surface area contributed by atoms with Gasteiger partial charge in [0.05, 0.1) is 6.10 Å². The van der Waals surface area contributed by atoms with Crippen molar-refractivity contribution in [2.24, 2.45) is 50.7 Å². The topological polar surface area (TPSA) is 37.3 Å². The Morgan fingerprint density at radius 1 is 0.938 bits per heavy atom. The maximum atomic E-state index is 11.3. The number of aliphatic hydroxyl groups is 1. The Hall–Kier alpha value is -0.630. The molecule has 1 N–H and O–H groups in total. The summed E-state index contributed by atoms with van der Waals surface area (Å²) in [5, 5.41) is 10.8. The van der Waals surface area contributed by atoms with E-state index in [1.807, 2.05) is 0 Å². The summed E-state index contributed by atoms with van der Waals surface area (Å²) in [5.74, 6) is 3.36. The lowest BCUT2D eigenvalue weighted by atomic mass is 9.41. The van der Waals surface area contributed by atoms with Crippen LogP contribution in [-0.2, 0) is 4.79 Å². The van der Waals surface area contributed by atoms with Crippen molar-refractivity contribution in [3.8, 4) is 0 Å². The van der Waals surface area contributed by atoms with E-state index >= 15 is 0 Å². The van der Waals surface area contributed by atoms with E-state index in [9.17, 15) is 9.90 Å². The van der Waals surface area contributed by atoms with Crippen LogP contribution in [0.4, 0.5) is 0 Å². The number of carbonyl (C=O) groups excluding carboxylic acids is 1. The van der Waals surface area contributed by atoms with Crippen LogP contribution in [0.15, 0.2) is 12.2 Å². The maximum absolute atomic E-state index is 11.3. The monoisotopic (exact) mass is 440 g/mol. The maximum Gasteiger partial charge on any atom is 0.152 e. The zero-order valence-electron chi connectivity index (χ0n) is 21.7. The summed E-state index contributed by atoms with van der Waals surface area (Å²) in [4.78, 5) is 11.3. The van der Waals surface area contributed by atoms with Gasteiger partial charge in [0, 0.05) is 0 Å². The molecule has 180 valence electrons. The minimum atomic E-state index is -0.106. The molecule has 9 atom stereocenters. The predicted molar refractivity (Wildman–Crippen MR) is 131 cm³/mol. The summed E-state index contributed by atoms with van der Waals surface area (Å²) >= 11 is 0. The van der Waals surface area contributed by atoms with Gasteiger partial charge in [0.2, 0.25) is 0 Å². The zero-order valence-corrected chi connectivity index (χ0v) is 21.7. The lowest BCUT2D eigenvalue weighted by Gasteiger charge is -2.63. The molecule has 2 spiro atoms. The fourth-order valence-corrected chi connectivity index (χ4v) is 11.1. The Labute approximate surface area is 197 Å². The third-order valence-electron chi connectivity index (χ3n) is 13.0. The molecule has 5 saturated carbocycles. The summed E-state index contributed by atoms with van der Waals surface area (Å²) in [6.07, 6.45) is 18.2. The van der Waals surface area contributed by atoms with Gasteiger partial charge in [0.1, 0.15) is 0 Å². The zero-order chi connectivity index (χ0) is 23.2. The third-order valence-corrected chi connectivity index (χ3v) is 13.0. The van der Waals surface area contributed by atoms with E-state index in [1.54, 1.807) is 13.0 Å². The number of fused-ring (bicyclic) bond motifs is 2. The van der Waals surface area contributed by atoms with Crippen molar-refractivity contribution >= 4 is 5.78 Å². The van der Waals surface area contributed by atoms with E-state index in [4.69, 9.17) is 0 Å². The fourth-order valence-electron chi connectivity index (χ4n) is 11.1. The second-order valence-electron chi connectivity index (χ2n) is 14.1. The minimum absolute atomic E-state index is 0.0918. The van der Waals surface area contributed by atoms with Crippen LogP contribution in [0.2, 0.25) is 0 Å². The van der Waals surface area contributed by atoms with Crippen molar-refractivity contribution in [2.75, 3.05) is 0 Å². The molecule has 0 bridgehead atoms. The van der Waals surface area contributed by atoms with Gasteiger partial charge in [-0.05, 0) is 134 Å². The average Bonchev–Trinajstić information content (AvgIpc) is 3.31. The van der Waals surface area contributed by atoms with Crippen molar-refractivity contribution in [1.82, 2.24) is 0 Å².